The van der Waals surface area contributed by atoms with Gasteiger partial charge >= 0.3 is 0 Å². The third kappa shape index (κ3) is 2.82. The maximum Gasteiger partial charge on any atom is 0.255 e. The van der Waals surface area contributed by atoms with Gasteiger partial charge in [-0.2, -0.15) is 5.10 Å². The number of benzene rings is 1. The number of aliphatic hydroxyl groups excluding tert-OH is 1. The van der Waals surface area contributed by atoms with Crippen molar-refractivity contribution in [2.75, 3.05) is 0 Å². The fourth-order valence-corrected chi connectivity index (χ4v) is 2.94. The number of aromatic nitrogens is 2. The normalized spacial score (nSPS) is 26.4. The molecule has 6 heteroatoms. The molecule has 0 unspecified atom stereocenters. The Labute approximate surface area is 134 Å². The predicted molar refractivity (Wildman–Crippen MR) is 83.2 cm³/mol. The summed E-state index contributed by atoms with van der Waals surface area (Å²) in [5, 5.41) is 17.1. The quantitative estimate of drug-likeness (QED) is 0.877. The van der Waals surface area contributed by atoms with E-state index in [0.29, 0.717) is 17.7 Å². The monoisotopic (exact) mass is 313 g/mol. The molecular formula is C17H19N3O3. The number of carbonyl (C=O) groups is 1. The molecule has 1 aromatic heterocycles. The molecule has 6 nitrogen and oxygen atoms in total. The van der Waals surface area contributed by atoms with E-state index in [4.69, 9.17) is 4.74 Å². The number of carbonyl (C=O) groups excluding carboxylic acids is 1. The van der Waals surface area contributed by atoms with Crippen molar-refractivity contribution in [3.05, 3.63) is 48.3 Å². The molecule has 2 saturated carbocycles. The molecule has 0 bridgehead atoms. The molecule has 0 spiro atoms. The van der Waals surface area contributed by atoms with Crippen LogP contribution in [0.25, 0.3) is 0 Å². The number of amides is 1. The highest BCUT2D eigenvalue weighted by Crippen LogP contribution is 2.33. The van der Waals surface area contributed by atoms with E-state index in [0.717, 1.165) is 12.8 Å². The summed E-state index contributed by atoms with van der Waals surface area (Å²) in [7, 11) is 0. The van der Waals surface area contributed by atoms with Crippen LogP contribution in [0.1, 0.15) is 35.7 Å². The summed E-state index contributed by atoms with van der Waals surface area (Å²) in [6, 6.07) is 8.75. The predicted octanol–water partition coefficient (Wildman–Crippen LogP) is 1.53. The van der Waals surface area contributed by atoms with Gasteiger partial charge in [0.25, 0.3) is 5.91 Å². The largest absolute Gasteiger partial charge is 0.490 e. The number of nitrogens with zero attached hydrogens (tertiary/aromatic N) is 2. The summed E-state index contributed by atoms with van der Waals surface area (Å²) < 4.78 is 7.50. The number of ether oxygens (including phenoxy) is 1. The fraction of sp³-hybridized carbons (Fsp3) is 0.412. The first-order chi connectivity index (χ1) is 11.2. The molecule has 2 aliphatic carbocycles. The average Bonchev–Trinajstić information content (AvgIpc) is 3.20. The lowest BCUT2D eigenvalue weighted by Crippen LogP contribution is -2.56. The van der Waals surface area contributed by atoms with Crippen molar-refractivity contribution in [2.45, 2.75) is 43.6 Å². The molecule has 2 fully saturated rings. The van der Waals surface area contributed by atoms with E-state index in [2.05, 4.69) is 10.4 Å². The van der Waals surface area contributed by atoms with Crippen molar-refractivity contribution in [1.82, 2.24) is 15.1 Å². The van der Waals surface area contributed by atoms with Crippen LogP contribution in [0, 0.1) is 0 Å². The first-order valence-corrected chi connectivity index (χ1v) is 7.96. The Hall–Kier alpha value is -2.34. The number of nitrogens with one attached hydrogen (secondary N) is 1. The average molecular weight is 313 g/mol. The van der Waals surface area contributed by atoms with Crippen LogP contribution < -0.4 is 10.1 Å². The topological polar surface area (TPSA) is 76.4 Å². The third-order valence-corrected chi connectivity index (χ3v) is 4.40. The lowest BCUT2D eigenvalue weighted by atomic mass is 9.83. The SMILES string of the molecule is O=C(N[C@H]1C[C@@H](O)[C@@H]1n1cccn1)c1ccccc1OC1CC1. The molecule has 2 aliphatic rings. The van der Waals surface area contributed by atoms with Crippen molar-refractivity contribution in [3.8, 4) is 5.75 Å². The summed E-state index contributed by atoms with van der Waals surface area (Å²) in [5.41, 5.74) is 0.542. The zero-order chi connectivity index (χ0) is 15.8. The van der Waals surface area contributed by atoms with Crippen LogP contribution in [0.4, 0.5) is 0 Å². The van der Waals surface area contributed by atoms with Crippen LogP contribution in [0.3, 0.4) is 0 Å². The highest BCUT2D eigenvalue weighted by atomic mass is 16.5. The molecule has 1 amide bonds. The molecule has 0 radical (unpaired) electrons. The Morgan fingerprint density at radius 3 is 2.83 bits per heavy atom. The van der Waals surface area contributed by atoms with Crippen LogP contribution in [0.5, 0.6) is 5.75 Å². The zero-order valence-corrected chi connectivity index (χ0v) is 12.6. The summed E-state index contributed by atoms with van der Waals surface area (Å²) in [5.74, 6) is 0.457. The Morgan fingerprint density at radius 1 is 1.30 bits per heavy atom. The van der Waals surface area contributed by atoms with E-state index < -0.39 is 6.10 Å². The minimum absolute atomic E-state index is 0.133. The van der Waals surface area contributed by atoms with E-state index in [1.807, 2.05) is 24.3 Å². The second-order valence-corrected chi connectivity index (χ2v) is 6.17. The third-order valence-electron chi connectivity index (χ3n) is 4.40. The van der Waals surface area contributed by atoms with Crippen LogP contribution in [-0.4, -0.2) is 39.0 Å². The van der Waals surface area contributed by atoms with Crippen molar-refractivity contribution >= 4 is 5.91 Å². The molecule has 4 rings (SSSR count). The minimum Gasteiger partial charge on any atom is -0.490 e. The van der Waals surface area contributed by atoms with Gasteiger partial charge in [-0.05, 0) is 37.5 Å². The molecule has 1 aromatic carbocycles. The van der Waals surface area contributed by atoms with Gasteiger partial charge in [0, 0.05) is 12.4 Å². The van der Waals surface area contributed by atoms with Gasteiger partial charge < -0.3 is 15.2 Å². The summed E-state index contributed by atoms with van der Waals surface area (Å²) in [6.07, 6.45) is 5.85. The van der Waals surface area contributed by atoms with Crippen LogP contribution in [0.15, 0.2) is 42.7 Å². The standard InChI is InChI=1S/C17H19N3O3/c21-14-10-13(16(14)20-9-3-8-18-20)19-17(22)12-4-1-2-5-15(12)23-11-6-7-11/h1-5,8-9,11,13-14,16,21H,6-7,10H2,(H,19,22)/t13-,14+,16+/m0/s1. The van der Waals surface area contributed by atoms with Gasteiger partial charge in [0.2, 0.25) is 0 Å². The number of hydrogen-bond acceptors (Lipinski definition) is 4. The van der Waals surface area contributed by atoms with Crippen molar-refractivity contribution in [2.24, 2.45) is 0 Å². The van der Waals surface area contributed by atoms with E-state index in [1.54, 1.807) is 23.1 Å². The molecule has 0 aliphatic heterocycles. The van der Waals surface area contributed by atoms with Crippen LogP contribution in [-0.2, 0) is 0 Å². The molecule has 0 saturated heterocycles. The van der Waals surface area contributed by atoms with Crippen molar-refractivity contribution in [3.63, 3.8) is 0 Å². The number of rotatable bonds is 5. The molecule has 2 N–H and O–H groups in total. The fourth-order valence-electron chi connectivity index (χ4n) is 2.94. The second-order valence-electron chi connectivity index (χ2n) is 6.17. The van der Waals surface area contributed by atoms with Gasteiger partial charge in [-0.1, -0.05) is 12.1 Å². The Balaban J connectivity index is 1.48. The van der Waals surface area contributed by atoms with Gasteiger partial charge in [-0.25, -0.2) is 0 Å². The Morgan fingerprint density at radius 2 is 2.13 bits per heavy atom. The second kappa shape index (κ2) is 5.70. The van der Waals surface area contributed by atoms with E-state index in [-0.39, 0.29) is 24.1 Å². The Bertz CT molecular complexity index is 697. The molecule has 23 heavy (non-hydrogen) atoms. The summed E-state index contributed by atoms with van der Waals surface area (Å²) in [4.78, 5) is 12.6. The minimum atomic E-state index is -0.488. The molecule has 2 aromatic rings. The lowest BCUT2D eigenvalue weighted by molar-refractivity contribution is -0.00591. The molecular weight excluding hydrogens is 294 g/mol. The van der Waals surface area contributed by atoms with Gasteiger partial charge in [0.1, 0.15) is 5.75 Å². The van der Waals surface area contributed by atoms with E-state index >= 15 is 0 Å². The zero-order valence-electron chi connectivity index (χ0n) is 12.6. The van der Waals surface area contributed by atoms with Gasteiger partial charge in [-0.15, -0.1) is 0 Å². The highest BCUT2D eigenvalue weighted by molar-refractivity contribution is 5.97. The first kappa shape index (κ1) is 14.3. The lowest BCUT2D eigenvalue weighted by Gasteiger charge is -2.41. The smallest absolute Gasteiger partial charge is 0.255 e. The molecule has 120 valence electrons. The van der Waals surface area contributed by atoms with Crippen molar-refractivity contribution < 1.29 is 14.6 Å². The van der Waals surface area contributed by atoms with E-state index in [9.17, 15) is 9.90 Å². The molecule has 3 atom stereocenters. The summed E-state index contributed by atoms with van der Waals surface area (Å²) in [6.45, 7) is 0. The summed E-state index contributed by atoms with van der Waals surface area (Å²) >= 11 is 0. The molecule has 1 heterocycles. The van der Waals surface area contributed by atoms with Gasteiger partial charge in [0.15, 0.2) is 0 Å². The maximum atomic E-state index is 12.6. The maximum absolute atomic E-state index is 12.6. The van der Waals surface area contributed by atoms with Crippen LogP contribution in [0.2, 0.25) is 0 Å². The Kier molecular flexibility index (Phi) is 3.53. The number of hydrogen-bond donors (Lipinski definition) is 2. The van der Waals surface area contributed by atoms with Gasteiger partial charge in [-0.3, -0.25) is 9.48 Å². The number of para-hydroxylation sites is 1. The van der Waals surface area contributed by atoms with E-state index in [1.165, 1.54) is 0 Å². The highest BCUT2D eigenvalue weighted by Gasteiger charge is 2.43. The van der Waals surface area contributed by atoms with Crippen LogP contribution >= 0.6 is 0 Å². The number of aliphatic hydroxyl groups is 1. The van der Waals surface area contributed by atoms with Gasteiger partial charge in [0.05, 0.1) is 29.9 Å². The first-order valence-electron chi connectivity index (χ1n) is 7.96. The van der Waals surface area contributed by atoms with Crippen molar-refractivity contribution in [1.29, 1.82) is 0 Å².